The fraction of sp³-hybridized carbons (Fsp3) is 0.462. The van der Waals surface area contributed by atoms with Crippen LogP contribution in [-0.4, -0.2) is 95.5 Å². The number of carbonyl (C=O) groups excluding carboxylic acids is 3. The average molecular weight is 849 g/mol. The topological polar surface area (TPSA) is 155 Å². The molecule has 1 N–H and O–H groups in total. The smallest absolute Gasteiger partial charge is 0.303 e. The van der Waals surface area contributed by atoms with Crippen LogP contribution in [0.4, 0.5) is 0 Å². The van der Waals surface area contributed by atoms with Crippen molar-refractivity contribution in [1.82, 2.24) is 0 Å². The van der Waals surface area contributed by atoms with Crippen LogP contribution in [0.1, 0.15) is 37.5 Å². The summed E-state index contributed by atoms with van der Waals surface area (Å²) in [6, 6.07) is 28.8. The molecule has 13 nitrogen and oxygen atoms in total. The zero-order chi connectivity index (χ0) is 37.7. The lowest BCUT2D eigenvalue weighted by Gasteiger charge is -2.46. The molecule has 2 heterocycles. The Balaban J connectivity index is 1.41. The highest BCUT2D eigenvalue weighted by atomic mass is 127. The van der Waals surface area contributed by atoms with Gasteiger partial charge in [0.25, 0.3) is 0 Å². The van der Waals surface area contributed by atoms with E-state index >= 15 is 0 Å². The highest BCUT2D eigenvalue weighted by molar-refractivity contribution is 14.1. The molecule has 10 atom stereocenters. The van der Waals surface area contributed by atoms with Gasteiger partial charge in [0, 0.05) is 20.8 Å². The monoisotopic (exact) mass is 848 g/mol. The minimum absolute atomic E-state index is 0.178. The number of hydrogen-bond donors (Lipinski definition) is 1. The van der Waals surface area contributed by atoms with Crippen LogP contribution in [0.25, 0.3) is 0 Å². The first-order valence-corrected chi connectivity index (χ1v) is 18.5. The van der Waals surface area contributed by atoms with Crippen LogP contribution in [0.2, 0.25) is 0 Å². The lowest BCUT2D eigenvalue weighted by Crippen LogP contribution is -2.62. The van der Waals surface area contributed by atoms with Gasteiger partial charge in [-0.15, -0.1) is 0 Å². The molecule has 0 aliphatic carbocycles. The molecule has 5 rings (SSSR count). The van der Waals surface area contributed by atoms with Gasteiger partial charge < -0.3 is 47.7 Å². The van der Waals surface area contributed by atoms with Crippen LogP contribution in [0.15, 0.2) is 91.0 Å². The molecule has 14 heteroatoms. The Morgan fingerprint density at radius 3 is 1.51 bits per heavy atom. The van der Waals surface area contributed by atoms with E-state index in [1.165, 1.54) is 20.8 Å². The summed E-state index contributed by atoms with van der Waals surface area (Å²) in [5.74, 6) is -1.84. The molecule has 0 unspecified atom stereocenters. The summed E-state index contributed by atoms with van der Waals surface area (Å²) in [6.07, 6.45) is -9.18. The SMILES string of the molecule is CC(=O)OC[C@H]1O[C@H](OC[C@H]2O[C@H](O)[C@H](OCc3ccccc3)[C@@H](OCc3ccccc3)[C@@H]2OCc2ccccc2)[C@@H](I)[C@@H](OC(C)=O)[C@@H]1OC(C)=O. The number of aliphatic hydroxyl groups excluding tert-OH is 1. The molecule has 2 saturated heterocycles. The van der Waals surface area contributed by atoms with Crippen LogP contribution in [0.3, 0.4) is 0 Å². The van der Waals surface area contributed by atoms with Gasteiger partial charge in [-0.25, -0.2) is 0 Å². The predicted molar refractivity (Wildman–Crippen MR) is 196 cm³/mol. The Morgan fingerprint density at radius 1 is 0.566 bits per heavy atom. The molecule has 286 valence electrons. The number of ether oxygens (including phenoxy) is 9. The van der Waals surface area contributed by atoms with Crippen molar-refractivity contribution >= 4 is 40.5 Å². The summed E-state index contributed by atoms with van der Waals surface area (Å²) in [5, 5.41) is 11.5. The van der Waals surface area contributed by atoms with Crippen LogP contribution in [0, 0.1) is 0 Å². The third-order valence-corrected chi connectivity index (χ3v) is 9.81. The quantitative estimate of drug-likeness (QED) is 0.0937. The minimum Gasteiger partial charge on any atom is -0.463 e. The number of hydrogen-bond acceptors (Lipinski definition) is 13. The molecule has 2 aliphatic heterocycles. The number of benzene rings is 3. The molecule has 3 aromatic rings. The molecule has 0 bridgehead atoms. The second-order valence-electron chi connectivity index (χ2n) is 12.6. The van der Waals surface area contributed by atoms with Gasteiger partial charge in [-0.2, -0.15) is 0 Å². The van der Waals surface area contributed by atoms with Gasteiger partial charge in [0.15, 0.2) is 24.8 Å². The summed E-state index contributed by atoms with van der Waals surface area (Å²) in [6.45, 7) is 3.77. The van der Waals surface area contributed by atoms with Crippen LogP contribution in [0.5, 0.6) is 0 Å². The first kappa shape index (κ1) is 40.7. The van der Waals surface area contributed by atoms with Gasteiger partial charge >= 0.3 is 17.9 Å². The normalized spacial score (nSPS) is 28.5. The number of carbonyl (C=O) groups is 3. The van der Waals surface area contributed by atoms with Crippen LogP contribution < -0.4 is 0 Å². The molecule has 3 aromatic carbocycles. The van der Waals surface area contributed by atoms with Crippen molar-refractivity contribution in [3.05, 3.63) is 108 Å². The first-order valence-electron chi connectivity index (χ1n) is 17.3. The third-order valence-electron chi connectivity index (χ3n) is 8.52. The van der Waals surface area contributed by atoms with Crippen molar-refractivity contribution in [2.45, 2.75) is 99.8 Å². The van der Waals surface area contributed by atoms with Crippen molar-refractivity contribution in [3.63, 3.8) is 0 Å². The van der Waals surface area contributed by atoms with Gasteiger partial charge in [-0.05, 0) is 16.7 Å². The van der Waals surface area contributed by atoms with Crippen LogP contribution in [-0.2, 0) is 76.8 Å². The second-order valence-corrected chi connectivity index (χ2v) is 14.1. The maximum Gasteiger partial charge on any atom is 0.303 e. The Kier molecular flexibility index (Phi) is 15.6. The van der Waals surface area contributed by atoms with E-state index in [0.29, 0.717) is 0 Å². The summed E-state index contributed by atoms with van der Waals surface area (Å²) >= 11 is 2.01. The Morgan fingerprint density at radius 2 is 1.02 bits per heavy atom. The molecule has 0 spiro atoms. The van der Waals surface area contributed by atoms with E-state index in [-0.39, 0.29) is 33.0 Å². The summed E-state index contributed by atoms with van der Waals surface area (Å²) < 4.78 is 53.8. The van der Waals surface area contributed by atoms with Gasteiger partial charge in [0.05, 0.1) is 26.4 Å². The van der Waals surface area contributed by atoms with E-state index in [4.69, 9.17) is 42.6 Å². The zero-order valence-electron chi connectivity index (χ0n) is 29.7. The number of esters is 3. The van der Waals surface area contributed by atoms with E-state index in [1.54, 1.807) is 0 Å². The second kappa shape index (κ2) is 20.3. The van der Waals surface area contributed by atoms with Crippen molar-refractivity contribution in [1.29, 1.82) is 0 Å². The van der Waals surface area contributed by atoms with Gasteiger partial charge in [-0.3, -0.25) is 14.4 Å². The lowest BCUT2D eigenvalue weighted by atomic mass is 9.97. The molecular formula is C39H45IO13. The lowest BCUT2D eigenvalue weighted by molar-refractivity contribution is -0.327. The Hall–Kier alpha value is -3.48. The van der Waals surface area contributed by atoms with Crippen molar-refractivity contribution in [2.75, 3.05) is 13.2 Å². The largest absolute Gasteiger partial charge is 0.463 e. The van der Waals surface area contributed by atoms with Crippen LogP contribution >= 0.6 is 22.6 Å². The fourth-order valence-corrected chi connectivity index (χ4v) is 7.02. The highest BCUT2D eigenvalue weighted by Crippen LogP contribution is 2.34. The van der Waals surface area contributed by atoms with E-state index in [9.17, 15) is 19.5 Å². The van der Waals surface area contributed by atoms with Gasteiger partial charge in [-0.1, -0.05) is 114 Å². The van der Waals surface area contributed by atoms with Crippen molar-refractivity contribution in [3.8, 4) is 0 Å². The first-order chi connectivity index (χ1) is 25.6. The van der Waals surface area contributed by atoms with E-state index < -0.39 is 77.1 Å². The summed E-state index contributed by atoms with van der Waals surface area (Å²) in [4.78, 5) is 36.0. The minimum atomic E-state index is -1.44. The standard InChI is InChI=1S/C39H45IO13/c1-24(41)45-22-31-34(50-25(2)42)35(51-26(3)43)32(40)39(53-31)49-23-30-33(46-19-27-13-7-4-8-14-27)36(47-20-28-15-9-5-10-16-28)37(38(44)52-30)48-21-29-17-11-6-12-18-29/h4-18,30-39,44H,19-23H2,1-3H3/t30-,31-,32+,33-,34-,35-,36+,37-,38+,39+/m1/s1. The number of aliphatic hydroxyl groups is 1. The molecule has 2 aliphatic rings. The number of rotatable bonds is 16. The maximum absolute atomic E-state index is 12.2. The molecule has 0 amide bonds. The van der Waals surface area contributed by atoms with E-state index in [1.807, 2.05) is 114 Å². The van der Waals surface area contributed by atoms with E-state index in [2.05, 4.69) is 0 Å². The van der Waals surface area contributed by atoms with E-state index in [0.717, 1.165) is 16.7 Å². The number of alkyl halides is 1. The Labute approximate surface area is 322 Å². The van der Waals surface area contributed by atoms with Gasteiger partial charge in [0.2, 0.25) is 0 Å². The molecule has 2 fully saturated rings. The zero-order valence-corrected chi connectivity index (χ0v) is 31.9. The van der Waals surface area contributed by atoms with Crippen molar-refractivity contribution in [2.24, 2.45) is 0 Å². The van der Waals surface area contributed by atoms with Gasteiger partial charge in [0.1, 0.15) is 41.1 Å². The summed E-state index contributed by atoms with van der Waals surface area (Å²) in [5.41, 5.74) is 2.71. The molecule has 0 saturated carbocycles. The summed E-state index contributed by atoms with van der Waals surface area (Å²) in [7, 11) is 0. The Bertz CT molecular complexity index is 1580. The fourth-order valence-electron chi connectivity index (χ4n) is 6.08. The predicted octanol–water partition coefficient (Wildman–Crippen LogP) is 4.43. The third kappa shape index (κ3) is 12.0. The molecular weight excluding hydrogens is 803 g/mol. The maximum atomic E-state index is 12.2. The average Bonchev–Trinajstić information content (AvgIpc) is 3.14. The van der Waals surface area contributed by atoms with Crippen molar-refractivity contribution < 1.29 is 62.1 Å². The molecule has 0 aromatic heterocycles. The molecule has 53 heavy (non-hydrogen) atoms. The number of halogens is 1. The highest BCUT2D eigenvalue weighted by Gasteiger charge is 2.52. The molecule has 0 radical (unpaired) electrons.